The number of nitrogens with one attached hydrogen (secondary N) is 3. The van der Waals surface area contributed by atoms with Crippen molar-refractivity contribution in [1.82, 2.24) is 16.0 Å². The largest absolute Gasteiger partial charge is 0.480 e. The van der Waals surface area contributed by atoms with Crippen molar-refractivity contribution < 1.29 is 29.0 Å². The topological polar surface area (TPSA) is 198 Å². The Balaban J connectivity index is 1.25. The average molecular weight is 813 g/mol. The van der Waals surface area contributed by atoms with Gasteiger partial charge in [0.1, 0.15) is 24.7 Å². The summed E-state index contributed by atoms with van der Waals surface area (Å²) in [5.41, 5.74) is 17.8. The molecule has 0 radical (unpaired) electrons. The highest BCUT2D eigenvalue weighted by atomic mass is 32.2. The van der Waals surface area contributed by atoms with Crippen LogP contribution in [0.15, 0.2) is 145 Å². The lowest BCUT2D eigenvalue weighted by Gasteiger charge is -2.36. The van der Waals surface area contributed by atoms with Crippen molar-refractivity contribution in [1.29, 1.82) is 0 Å². The summed E-state index contributed by atoms with van der Waals surface area (Å²) in [4.78, 5) is 57.3. The Labute approximate surface area is 347 Å². The zero-order valence-electron chi connectivity index (χ0n) is 32.6. The molecule has 5 aromatic carbocycles. The zero-order chi connectivity index (χ0) is 41.8. The summed E-state index contributed by atoms with van der Waals surface area (Å²) in [5, 5.41) is 17.8. The van der Waals surface area contributed by atoms with Gasteiger partial charge in [-0.1, -0.05) is 140 Å². The van der Waals surface area contributed by atoms with Gasteiger partial charge in [-0.25, -0.2) is 9.59 Å². The van der Waals surface area contributed by atoms with Gasteiger partial charge in [-0.3, -0.25) is 14.6 Å². The summed E-state index contributed by atoms with van der Waals surface area (Å²) in [7, 11) is 0. The monoisotopic (exact) mass is 812 g/mol. The second-order valence-corrected chi connectivity index (χ2v) is 15.4. The fourth-order valence-electron chi connectivity index (χ4n) is 7.38. The molecule has 0 aromatic heterocycles. The lowest BCUT2D eigenvalue weighted by atomic mass is 9.84. The molecule has 12 nitrogen and oxygen atoms in total. The number of carboxylic acid groups (broad SMARTS) is 1. The minimum atomic E-state index is -1.25. The fraction of sp³-hybridized carbons (Fsp3) is 0.239. The Hall–Kier alpha value is -6.60. The highest BCUT2D eigenvalue weighted by Gasteiger charge is 2.39. The Kier molecular flexibility index (Phi) is 14.0. The smallest absolute Gasteiger partial charge is 0.407 e. The summed E-state index contributed by atoms with van der Waals surface area (Å²) in [6.45, 7) is 1.67. The predicted octanol–water partition coefficient (Wildman–Crippen LogP) is 5.75. The third-order valence-electron chi connectivity index (χ3n) is 10.3. The van der Waals surface area contributed by atoms with E-state index in [1.807, 2.05) is 140 Å². The molecule has 13 heteroatoms. The van der Waals surface area contributed by atoms with Gasteiger partial charge >= 0.3 is 12.1 Å². The van der Waals surface area contributed by atoms with E-state index in [-0.39, 0.29) is 37.2 Å². The van der Waals surface area contributed by atoms with E-state index in [2.05, 4.69) is 20.9 Å². The lowest BCUT2D eigenvalue weighted by Crippen LogP contribution is -2.55. The minimum Gasteiger partial charge on any atom is -0.480 e. The van der Waals surface area contributed by atoms with Crippen molar-refractivity contribution in [2.75, 3.05) is 18.9 Å². The third-order valence-corrected chi connectivity index (χ3v) is 11.9. The molecule has 6 rings (SSSR count). The van der Waals surface area contributed by atoms with Crippen LogP contribution >= 0.6 is 11.8 Å². The molecule has 0 unspecified atom stereocenters. The highest BCUT2D eigenvalue weighted by molar-refractivity contribution is 8.00. The quantitative estimate of drug-likeness (QED) is 0.0276. The number of rotatable bonds is 18. The maximum absolute atomic E-state index is 14.3. The molecule has 3 amide bonds. The molecular weight excluding hydrogens is 765 g/mol. The van der Waals surface area contributed by atoms with Crippen molar-refractivity contribution in [3.63, 3.8) is 0 Å². The van der Waals surface area contributed by atoms with E-state index in [4.69, 9.17) is 16.2 Å². The molecule has 304 valence electrons. The van der Waals surface area contributed by atoms with Crippen molar-refractivity contribution in [2.45, 2.75) is 48.6 Å². The van der Waals surface area contributed by atoms with Gasteiger partial charge in [-0.15, -0.1) is 11.8 Å². The number of hydrogen-bond acceptors (Lipinski definition) is 7. The maximum atomic E-state index is 14.3. The minimum absolute atomic E-state index is 0.0297. The molecule has 0 fully saturated rings. The first-order valence-corrected chi connectivity index (χ1v) is 20.4. The number of guanidine groups is 1. The molecule has 0 aliphatic heterocycles. The second kappa shape index (κ2) is 19.7. The van der Waals surface area contributed by atoms with Gasteiger partial charge in [0.25, 0.3) is 0 Å². The first-order valence-electron chi connectivity index (χ1n) is 19.4. The van der Waals surface area contributed by atoms with E-state index in [1.54, 1.807) is 0 Å². The van der Waals surface area contributed by atoms with Crippen LogP contribution in [0.25, 0.3) is 11.1 Å². The summed E-state index contributed by atoms with van der Waals surface area (Å²) >= 11 is 1.46. The molecule has 3 atom stereocenters. The number of carbonyl (C=O) groups excluding carboxylic acids is 3. The predicted molar refractivity (Wildman–Crippen MR) is 231 cm³/mol. The SMILES string of the molecule is C[C@H](NC(=O)[C@H](CSC(c1ccccc1)(c1ccccc1)c1ccccc1)NC(=O)OCC1c2ccccc2-c2ccccc21)C(=O)N[C@@H](CCCN=C(N)N)C(=O)O. The fourth-order valence-corrected chi connectivity index (χ4v) is 8.94. The van der Waals surface area contributed by atoms with Crippen LogP contribution in [0.5, 0.6) is 0 Å². The van der Waals surface area contributed by atoms with Crippen LogP contribution in [-0.4, -0.2) is 72.0 Å². The van der Waals surface area contributed by atoms with Crippen LogP contribution in [0.4, 0.5) is 4.79 Å². The number of alkyl carbamates (subject to hydrolysis) is 1. The van der Waals surface area contributed by atoms with Gasteiger partial charge in [0.05, 0.1) is 4.75 Å². The Morgan fingerprint density at radius 2 is 1.19 bits per heavy atom. The standard InChI is InChI=1S/C46H48N6O6S/c1-30(41(53)51-39(43(55)56)26-15-27-49-44(47)48)50-42(54)40(52-45(57)58-28-38-36-24-13-11-22-34(36)35-23-12-14-25-37(35)38)29-59-46(31-16-5-2-6-17-31,32-18-7-3-8-19-32)33-20-9-4-10-21-33/h2-14,16-25,30,38-40H,15,26-29H2,1H3,(H,50,54)(H,51,53)(H,52,57)(H,55,56)(H4,47,48,49)/t30-,39-,40-/m0/s1. The second-order valence-electron chi connectivity index (χ2n) is 14.2. The van der Waals surface area contributed by atoms with Gasteiger partial charge in [-0.05, 0) is 58.7 Å². The number of nitrogens with zero attached hydrogens (tertiary/aromatic N) is 1. The molecule has 0 spiro atoms. The van der Waals surface area contributed by atoms with Gasteiger partial charge in [0.2, 0.25) is 11.8 Å². The van der Waals surface area contributed by atoms with E-state index >= 15 is 0 Å². The van der Waals surface area contributed by atoms with E-state index in [9.17, 15) is 24.3 Å². The van der Waals surface area contributed by atoms with Crippen LogP contribution in [0.2, 0.25) is 0 Å². The van der Waals surface area contributed by atoms with Crippen molar-refractivity contribution in [3.05, 3.63) is 167 Å². The van der Waals surface area contributed by atoms with Crippen molar-refractivity contribution >= 4 is 41.6 Å². The van der Waals surface area contributed by atoms with E-state index in [0.717, 1.165) is 38.9 Å². The van der Waals surface area contributed by atoms with Gasteiger partial charge in [0.15, 0.2) is 5.96 Å². The normalized spacial score (nSPS) is 13.4. The van der Waals surface area contributed by atoms with Gasteiger partial charge in [-0.2, -0.15) is 0 Å². The lowest BCUT2D eigenvalue weighted by molar-refractivity contribution is -0.142. The number of carbonyl (C=O) groups is 4. The number of aliphatic imine (C=N–C) groups is 1. The van der Waals surface area contributed by atoms with Gasteiger partial charge in [0, 0.05) is 18.2 Å². The van der Waals surface area contributed by atoms with Crippen LogP contribution in [0.1, 0.15) is 53.5 Å². The maximum Gasteiger partial charge on any atom is 0.407 e. The number of carboxylic acids is 1. The molecular formula is C46H48N6O6S. The number of aliphatic carboxylic acids is 1. The van der Waals surface area contributed by atoms with Crippen LogP contribution in [0.3, 0.4) is 0 Å². The summed E-state index contributed by atoms with van der Waals surface area (Å²) in [6.07, 6.45) is -0.450. The highest BCUT2D eigenvalue weighted by Crippen LogP contribution is 2.49. The molecule has 0 heterocycles. The van der Waals surface area contributed by atoms with Crippen LogP contribution in [-0.2, 0) is 23.9 Å². The molecule has 8 N–H and O–H groups in total. The number of amides is 3. The molecule has 5 aromatic rings. The molecule has 0 bridgehead atoms. The summed E-state index contributed by atoms with van der Waals surface area (Å²) in [6, 6.07) is 42.2. The van der Waals surface area contributed by atoms with E-state index in [0.29, 0.717) is 6.42 Å². The number of nitrogens with two attached hydrogens (primary N) is 2. The summed E-state index contributed by atoms with van der Waals surface area (Å²) < 4.78 is 5.06. The first-order chi connectivity index (χ1) is 28.6. The number of fused-ring (bicyclic) bond motifs is 3. The molecule has 0 saturated carbocycles. The average Bonchev–Trinajstić information content (AvgIpc) is 3.58. The van der Waals surface area contributed by atoms with Crippen molar-refractivity contribution in [3.8, 4) is 11.1 Å². The molecule has 0 saturated heterocycles. The third kappa shape index (κ3) is 10.1. The van der Waals surface area contributed by atoms with Gasteiger partial charge < -0.3 is 37.3 Å². The zero-order valence-corrected chi connectivity index (χ0v) is 33.4. The number of benzene rings is 5. The van der Waals surface area contributed by atoms with Crippen molar-refractivity contribution in [2.24, 2.45) is 16.5 Å². The Morgan fingerprint density at radius 1 is 0.695 bits per heavy atom. The van der Waals surface area contributed by atoms with Crippen LogP contribution < -0.4 is 27.4 Å². The Morgan fingerprint density at radius 3 is 1.68 bits per heavy atom. The number of ether oxygens (including phenoxy) is 1. The summed E-state index contributed by atoms with van der Waals surface area (Å²) in [5.74, 6) is -2.89. The molecule has 59 heavy (non-hydrogen) atoms. The number of thioether (sulfide) groups is 1. The van der Waals surface area contributed by atoms with E-state index in [1.165, 1.54) is 18.7 Å². The Bertz CT molecular complexity index is 2110. The van der Waals surface area contributed by atoms with Crippen LogP contribution in [0, 0.1) is 0 Å². The van der Waals surface area contributed by atoms with E-state index < -0.39 is 46.7 Å². The molecule has 1 aliphatic rings. The number of hydrogen-bond donors (Lipinski definition) is 6. The molecule has 1 aliphatic carbocycles. The first kappa shape index (κ1) is 42.0.